The van der Waals surface area contributed by atoms with E-state index in [1.165, 1.54) is 19.1 Å². The fourth-order valence-corrected chi connectivity index (χ4v) is 1.18. The summed E-state index contributed by atoms with van der Waals surface area (Å²) in [5, 5.41) is 8.70. The molecule has 0 unspecified atom stereocenters. The molecule has 0 saturated carbocycles. The third-order valence-corrected chi connectivity index (χ3v) is 1.93. The summed E-state index contributed by atoms with van der Waals surface area (Å²) in [7, 11) is 0. The number of nitrogens with zero attached hydrogens (tertiary/aromatic N) is 2. The molecule has 15 heavy (non-hydrogen) atoms. The van der Waals surface area contributed by atoms with Crippen LogP contribution in [0, 0.1) is 18.4 Å². The standard InChI is InChI=1S/C10H10N2O3/c1-3-15-10(14)8-4-5-9(13)12(6-11)7(8)2/h4-5H,3H2,1-2H3. The van der Waals surface area contributed by atoms with Crippen molar-refractivity contribution in [2.24, 2.45) is 0 Å². The molecule has 0 amide bonds. The van der Waals surface area contributed by atoms with Crippen LogP contribution in [-0.2, 0) is 4.74 Å². The van der Waals surface area contributed by atoms with Crippen molar-refractivity contribution in [3.63, 3.8) is 0 Å². The van der Waals surface area contributed by atoms with E-state index in [-0.39, 0.29) is 12.2 Å². The molecular formula is C10H10N2O3. The summed E-state index contributed by atoms with van der Waals surface area (Å²) in [6.45, 7) is 3.47. The lowest BCUT2D eigenvalue weighted by molar-refractivity contribution is 0.0524. The fraction of sp³-hybridized carbons (Fsp3) is 0.300. The Balaban J connectivity index is 3.29. The highest BCUT2D eigenvalue weighted by Gasteiger charge is 2.13. The molecule has 0 aromatic carbocycles. The Bertz CT molecular complexity index is 482. The van der Waals surface area contributed by atoms with E-state index < -0.39 is 11.5 Å². The molecule has 5 nitrogen and oxygen atoms in total. The van der Waals surface area contributed by atoms with E-state index in [1.54, 1.807) is 13.1 Å². The zero-order valence-electron chi connectivity index (χ0n) is 8.48. The molecule has 0 saturated heterocycles. The highest BCUT2D eigenvalue weighted by atomic mass is 16.5. The third-order valence-electron chi connectivity index (χ3n) is 1.93. The second-order valence-electron chi connectivity index (χ2n) is 2.83. The normalized spacial score (nSPS) is 9.40. The zero-order chi connectivity index (χ0) is 11.4. The van der Waals surface area contributed by atoms with Gasteiger partial charge >= 0.3 is 5.97 Å². The number of hydrogen-bond acceptors (Lipinski definition) is 4. The van der Waals surface area contributed by atoms with Crippen molar-refractivity contribution >= 4 is 5.97 Å². The average molecular weight is 206 g/mol. The molecule has 0 aliphatic rings. The van der Waals surface area contributed by atoms with Crippen LogP contribution in [0.3, 0.4) is 0 Å². The van der Waals surface area contributed by atoms with Crippen molar-refractivity contribution in [1.82, 2.24) is 4.57 Å². The Kier molecular flexibility index (Phi) is 3.24. The van der Waals surface area contributed by atoms with E-state index in [1.807, 2.05) is 0 Å². The number of pyridine rings is 1. The van der Waals surface area contributed by atoms with Crippen LogP contribution in [0.2, 0.25) is 0 Å². The minimum Gasteiger partial charge on any atom is -0.462 e. The molecular weight excluding hydrogens is 196 g/mol. The summed E-state index contributed by atoms with van der Waals surface area (Å²) in [6, 6.07) is 2.53. The molecule has 1 aromatic rings. The average Bonchev–Trinajstić information content (AvgIpc) is 2.18. The Labute approximate surface area is 86.5 Å². The smallest absolute Gasteiger partial charge is 0.339 e. The molecule has 0 radical (unpaired) electrons. The molecule has 1 aromatic heterocycles. The van der Waals surface area contributed by atoms with Crippen LogP contribution < -0.4 is 5.56 Å². The summed E-state index contributed by atoms with van der Waals surface area (Å²) in [6.07, 6.45) is 1.70. The van der Waals surface area contributed by atoms with Gasteiger partial charge in [-0.05, 0) is 19.9 Å². The van der Waals surface area contributed by atoms with Gasteiger partial charge in [0, 0.05) is 11.8 Å². The van der Waals surface area contributed by atoms with Crippen molar-refractivity contribution in [2.45, 2.75) is 13.8 Å². The number of rotatable bonds is 2. The molecule has 78 valence electrons. The van der Waals surface area contributed by atoms with E-state index in [9.17, 15) is 9.59 Å². The number of aromatic nitrogens is 1. The van der Waals surface area contributed by atoms with E-state index in [4.69, 9.17) is 10.00 Å². The predicted molar refractivity (Wildman–Crippen MR) is 52.4 cm³/mol. The number of hydrogen-bond donors (Lipinski definition) is 0. The quantitative estimate of drug-likeness (QED) is 0.666. The Hall–Kier alpha value is -2.09. The van der Waals surface area contributed by atoms with Gasteiger partial charge in [0.25, 0.3) is 5.56 Å². The van der Waals surface area contributed by atoms with Gasteiger partial charge in [-0.1, -0.05) is 0 Å². The van der Waals surface area contributed by atoms with Crippen molar-refractivity contribution in [1.29, 1.82) is 5.26 Å². The van der Waals surface area contributed by atoms with Gasteiger partial charge in [-0.15, -0.1) is 0 Å². The Morgan fingerprint density at radius 1 is 1.60 bits per heavy atom. The van der Waals surface area contributed by atoms with Crippen LogP contribution in [0.1, 0.15) is 23.0 Å². The van der Waals surface area contributed by atoms with Crippen molar-refractivity contribution in [3.05, 3.63) is 33.7 Å². The van der Waals surface area contributed by atoms with Crippen LogP contribution >= 0.6 is 0 Å². The fourth-order valence-electron chi connectivity index (χ4n) is 1.18. The number of carbonyl (C=O) groups excluding carboxylic acids is 1. The van der Waals surface area contributed by atoms with E-state index in [0.717, 1.165) is 4.57 Å². The lowest BCUT2D eigenvalue weighted by atomic mass is 10.2. The maximum atomic E-state index is 11.4. The molecule has 0 aliphatic heterocycles. The molecule has 0 atom stereocenters. The minimum atomic E-state index is -0.529. The van der Waals surface area contributed by atoms with Gasteiger partial charge in [0.2, 0.25) is 0 Å². The predicted octanol–water partition coefficient (Wildman–Crippen LogP) is 0.663. The van der Waals surface area contributed by atoms with Crippen LogP contribution in [0.15, 0.2) is 16.9 Å². The monoisotopic (exact) mass is 206 g/mol. The van der Waals surface area contributed by atoms with Crippen LogP contribution in [-0.4, -0.2) is 17.1 Å². The van der Waals surface area contributed by atoms with Crippen molar-refractivity contribution < 1.29 is 9.53 Å². The molecule has 0 spiro atoms. The summed E-state index contributed by atoms with van der Waals surface area (Å²) >= 11 is 0. The highest BCUT2D eigenvalue weighted by molar-refractivity contribution is 5.90. The van der Waals surface area contributed by atoms with E-state index in [0.29, 0.717) is 5.69 Å². The number of esters is 1. The SMILES string of the molecule is CCOC(=O)c1ccc(=O)n(C#N)c1C. The molecule has 0 fully saturated rings. The highest BCUT2D eigenvalue weighted by Crippen LogP contribution is 2.06. The molecule has 5 heteroatoms. The summed E-state index contributed by atoms with van der Waals surface area (Å²) in [5.41, 5.74) is 0.0736. The van der Waals surface area contributed by atoms with Gasteiger partial charge in [0.05, 0.1) is 12.2 Å². The van der Waals surface area contributed by atoms with E-state index >= 15 is 0 Å². The summed E-state index contributed by atoms with van der Waals surface area (Å²) in [5.74, 6) is -0.529. The third kappa shape index (κ3) is 2.05. The van der Waals surface area contributed by atoms with Gasteiger partial charge in [-0.3, -0.25) is 4.79 Å². The maximum absolute atomic E-state index is 11.4. The largest absolute Gasteiger partial charge is 0.462 e. The van der Waals surface area contributed by atoms with Crippen molar-refractivity contribution in [2.75, 3.05) is 6.61 Å². The minimum absolute atomic E-state index is 0.234. The zero-order valence-corrected chi connectivity index (χ0v) is 8.48. The lowest BCUT2D eigenvalue weighted by Gasteiger charge is -2.06. The summed E-state index contributed by atoms with van der Waals surface area (Å²) in [4.78, 5) is 22.6. The van der Waals surface area contributed by atoms with Gasteiger partial charge in [0.1, 0.15) is 0 Å². The second-order valence-corrected chi connectivity index (χ2v) is 2.83. The second kappa shape index (κ2) is 4.42. The van der Waals surface area contributed by atoms with Crippen LogP contribution in [0.25, 0.3) is 0 Å². The number of ether oxygens (including phenoxy) is 1. The van der Waals surface area contributed by atoms with Gasteiger partial charge in [-0.25, -0.2) is 9.36 Å². The van der Waals surface area contributed by atoms with Gasteiger partial charge in [-0.2, -0.15) is 5.26 Å². The molecule has 1 rings (SSSR count). The first kappa shape index (κ1) is 11.0. The Morgan fingerprint density at radius 2 is 2.27 bits per heavy atom. The lowest BCUT2D eigenvalue weighted by Crippen LogP contribution is -2.21. The Morgan fingerprint density at radius 3 is 2.80 bits per heavy atom. The van der Waals surface area contributed by atoms with E-state index in [2.05, 4.69) is 0 Å². The molecule has 0 bridgehead atoms. The van der Waals surface area contributed by atoms with Crippen LogP contribution in [0.5, 0.6) is 0 Å². The first-order valence-electron chi connectivity index (χ1n) is 4.41. The van der Waals surface area contributed by atoms with Crippen molar-refractivity contribution in [3.8, 4) is 6.19 Å². The van der Waals surface area contributed by atoms with Gasteiger partial charge in [0.15, 0.2) is 6.19 Å². The molecule has 0 aliphatic carbocycles. The first-order chi connectivity index (χ1) is 7.11. The van der Waals surface area contributed by atoms with Gasteiger partial charge < -0.3 is 4.74 Å². The summed E-state index contributed by atoms with van der Waals surface area (Å²) < 4.78 is 5.64. The molecule has 1 heterocycles. The van der Waals surface area contributed by atoms with Crippen LogP contribution in [0.4, 0.5) is 0 Å². The number of nitriles is 1. The topological polar surface area (TPSA) is 72.1 Å². The molecule has 0 N–H and O–H groups in total. The maximum Gasteiger partial charge on any atom is 0.339 e. The first-order valence-corrected chi connectivity index (χ1v) is 4.41. The number of carbonyl (C=O) groups is 1.